The van der Waals surface area contributed by atoms with Crippen LogP contribution in [0.3, 0.4) is 0 Å². The van der Waals surface area contributed by atoms with Crippen molar-refractivity contribution in [1.82, 2.24) is 15.6 Å². The molecule has 0 saturated carbocycles. The Morgan fingerprint density at radius 1 is 1.00 bits per heavy atom. The van der Waals surface area contributed by atoms with E-state index in [-0.39, 0.29) is 18.7 Å². The Kier molecular flexibility index (Phi) is 7.31. The first kappa shape index (κ1) is 20.4. The van der Waals surface area contributed by atoms with Gasteiger partial charge in [-0.1, -0.05) is 48.0 Å². The van der Waals surface area contributed by atoms with Gasteiger partial charge in [-0.3, -0.25) is 9.59 Å². The number of carboxylic acid groups (broad SMARTS) is 1. The summed E-state index contributed by atoms with van der Waals surface area (Å²) < 4.78 is 0. The van der Waals surface area contributed by atoms with Gasteiger partial charge in [-0.2, -0.15) is 0 Å². The van der Waals surface area contributed by atoms with E-state index < -0.39 is 24.0 Å². The summed E-state index contributed by atoms with van der Waals surface area (Å²) >= 11 is 5.72. The summed E-state index contributed by atoms with van der Waals surface area (Å²) in [6, 6.07) is 10.3. The van der Waals surface area contributed by atoms with Crippen molar-refractivity contribution in [2.45, 2.75) is 31.8 Å². The predicted molar refractivity (Wildman–Crippen MR) is 100 cm³/mol. The number of pyridine rings is 1. The van der Waals surface area contributed by atoms with Gasteiger partial charge in [0.25, 0.3) is 0 Å². The molecular formula is C19H20ClN3O4. The van der Waals surface area contributed by atoms with Gasteiger partial charge in [0.1, 0.15) is 17.2 Å². The molecule has 0 spiro atoms. The van der Waals surface area contributed by atoms with E-state index in [0.717, 1.165) is 5.56 Å². The number of benzene rings is 1. The highest BCUT2D eigenvalue weighted by Gasteiger charge is 2.26. The minimum absolute atomic E-state index is 0.0450. The van der Waals surface area contributed by atoms with Gasteiger partial charge < -0.3 is 15.7 Å². The summed E-state index contributed by atoms with van der Waals surface area (Å²) in [4.78, 5) is 39.5. The van der Waals surface area contributed by atoms with E-state index >= 15 is 0 Å². The molecule has 3 N–H and O–H groups in total. The first-order valence-corrected chi connectivity index (χ1v) is 8.67. The zero-order valence-electron chi connectivity index (χ0n) is 14.7. The van der Waals surface area contributed by atoms with Crippen LogP contribution in [-0.2, 0) is 27.2 Å². The number of carboxylic acids is 1. The average molecular weight is 390 g/mol. The minimum atomic E-state index is -1.18. The Morgan fingerprint density at radius 2 is 1.67 bits per heavy atom. The Hall–Kier alpha value is -2.93. The number of nitrogens with zero attached hydrogens (tertiary/aromatic N) is 1. The zero-order chi connectivity index (χ0) is 19.8. The first-order chi connectivity index (χ1) is 12.8. The van der Waals surface area contributed by atoms with Gasteiger partial charge in [0.15, 0.2) is 0 Å². The van der Waals surface area contributed by atoms with E-state index in [2.05, 4.69) is 15.6 Å². The van der Waals surface area contributed by atoms with Gasteiger partial charge in [0, 0.05) is 26.0 Å². The van der Waals surface area contributed by atoms with E-state index in [9.17, 15) is 19.5 Å². The molecule has 27 heavy (non-hydrogen) atoms. The number of aromatic nitrogens is 1. The van der Waals surface area contributed by atoms with Gasteiger partial charge in [-0.15, -0.1) is 0 Å². The molecule has 7 nitrogen and oxygen atoms in total. The SMILES string of the molecule is CC(=O)N[C@@H](Cc1ccccc1)C(=O)N[C@@H](Cc1ccc(Cl)nc1)C(=O)O. The lowest BCUT2D eigenvalue weighted by molar-refractivity contribution is -0.142. The number of amides is 2. The van der Waals surface area contributed by atoms with Crippen molar-refractivity contribution in [1.29, 1.82) is 0 Å². The second-order valence-electron chi connectivity index (χ2n) is 6.04. The molecule has 2 rings (SSSR count). The number of halogens is 1. The lowest BCUT2D eigenvalue weighted by atomic mass is 10.0. The van der Waals surface area contributed by atoms with E-state index in [1.807, 2.05) is 30.3 Å². The van der Waals surface area contributed by atoms with Crippen molar-refractivity contribution in [3.63, 3.8) is 0 Å². The fourth-order valence-electron chi connectivity index (χ4n) is 2.54. The van der Waals surface area contributed by atoms with Crippen LogP contribution >= 0.6 is 11.6 Å². The molecule has 142 valence electrons. The van der Waals surface area contributed by atoms with Crippen LogP contribution in [0, 0.1) is 0 Å². The first-order valence-electron chi connectivity index (χ1n) is 8.30. The van der Waals surface area contributed by atoms with E-state index in [4.69, 9.17) is 11.6 Å². The number of rotatable bonds is 8. The Balaban J connectivity index is 2.10. The molecule has 0 aliphatic carbocycles. The van der Waals surface area contributed by atoms with Crippen LogP contribution in [-0.4, -0.2) is 40.0 Å². The summed E-state index contributed by atoms with van der Waals surface area (Å²) in [7, 11) is 0. The molecular weight excluding hydrogens is 370 g/mol. The maximum absolute atomic E-state index is 12.6. The number of nitrogens with one attached hydrogen (secondary N) is 2. The van der Waals surface area contributed by atoms with Crippen LogP contribution in [0.25, 0.3) is 0 Å². The molecule has 0 fully saturated rings. The van der Waals surface area contributed by atoms with Crippen LogP contribution in [0.15, 0.2) is 48.7 Å². The van der Waals surface area contributed by atoms with E-state index in [0.29, 0.717) is 10.7 Å². The highest BCUT2D eigenvalue weighted by Crippen LogP contribution is 2.09. The number of carbonyl (C=O) groups is 3. The molecule has 2 atom stereocenters. The standard InChI is InChI=1S/C19H20ClN3O4/c1-12(24)22-15(9-13-5-3-2-4-6-13)18(25)23-16(19(26)27)10-14-7-8-17(20)21-11-14/h2-8,11,15-16H,9-10H2,1H3,(H,22,24)(H,23,25)(H,26,27)/t15-,16-/m0/s1. The maximum Gasteiger partial charge on any atom is 0.326 e. The summed E-state index contributed by atoms with van der Waals surface area (Å²) in [5.41, 5.74) is 1.46. The fraction of sp³-hybridized carbons (Fsp3) is 0.263. The van der Waals surface area contributed by atoms with Gasteiger partial charge in [-0.25, -0.2) is 9.78 Å². The normalized spacial score (nSPS) is 12.7. The van der Waals surface area contributed by atoms with Crippen molar-refractivity contribution in [2.75, 3.05) is 0 Å². The topological polar surface area (TPSA) is 108 Å². The third-order valence-corrected chi connectivity index (χ3v) is 4.04. The van der Waals surface area contributed by atoms with Crippen molar-refractivity contribution in [3.05, 3.63) is 64.9 Å². The Bertz CT molecular complexity index is 796. The molecule has 1 aromatic carbocycles. The number of hydrogen-bond acceptors (Lipinski definition) is 4. The lowest BCUT2D eigenvalue weighted by Gasteiger charge is -2.21. The Morgan fingerprint density at radius 3 is 2.22 bits per heavy atom. The van der Waals surface area contributed by atoms with Gasteiger partial charge in [-0.05, 0) is 17.2 Å². The number of aliphatic carboxylic acids is 1. The molecule has 1 aromatic heterocycles. The quantitative estimate of drug-likeness (QED) is 0.594. The van der Waals surface area contributed by atoms with Crippen molar-refractivity contribution in [3.8, 4) is 0 Å². The minimum Gasteiger partial charge on any atom is -0.480 e. The Labute approximate surface area is 161 Å². The van der Waals surface area contributed by atoms with Crippen molar-refractivity contribution < 1.29 is 19.5 Å². The highest BCUT2D eigenvalue weighted by molar-refractivity contribution is 6.29. The van der Waals surface area contributed by atoms with Crippen LogP contribution < -0.4 is 10.6 Å². The smallest absolute Gasteiger partial charge is 0.326 e. The van der Waals surface area contributed by atoms with Crippen LogP contribution in [0.4, 0.5) is 0 Å². The molecule has 0 radical (unpaired) electrons. The summed E-state index contributed by atoms with van der Waals surface area (Å²) in [6.45, 7) is 1.30. The molecule has 1 heterocycles. The molecule has 0 aliphatic heterocycles. The van der Waals surface area contributed by atoms with Crippen LogP contribution in [0.2, 0.25) is 5.15 Å². The highest BCUT2D eigenvalue weighted by atomic mass is 35.5. The summed E-state index contributed by atoms with van der Waals surface area (Å²) in [5.74, 6) is -2.12. The van der Waals surface area contributed by atoms with E-state index in [1.165, 1.54) is 13.1 Å². The van der Waals surface area contributed by atoms with E-state index in [1.54, 1.807) is 12.1 Å². The average Bonchev–Trinajstić information content (AvgIpc) is 2.62. The molecule has 0 saturated heterocycles. The van der Waals surface area contributed by atoms with Crippen molar-refractivity contribution >= 4 is 29.4 Å². The van der Waals surface area contributed by atoms with Gasteiger partial charge in [0.05, 0.1) is 0 Å². The molecule has 0 bridgehead atoms. The van der Waals surface area contributed by atoms with Crippen LogP contribution in [0.1, 0.15) is 18.1 Å². The lowest BCUT2D eigenvalue weighted by Crippen LogP contribution is -2.52. The van der Waals surface area contributed by atoms with Gasteiger partial charge >= 0.3 is 5.97 Å². The second kappa shape index (κ2) is 9.68. The number of hydrogen-bond donors (Lipinski definition) is 3. The third kappa shape index (κ3) is 6.71. The van der Waals surface area contributed by atoms with Crippen LogP contribution in [0.5, 0.6) is 0 Å². The molecule has 8 heteroatoms. The predicted octanol–water partition coefficient (Wildman–Crippen LogP) is 1.59. The van der Waals surface area contributed by atoms with Gasteiger partial charge in [0.2, 0.25) is 11.8 Å². The molecule has 2 amide bonds. The summed E-state index contributed by atoms with van der Waals surface area (Å²) in [5, 5.41) is 14.8. The monoisotopic (exact) mass is 389 g/mol. The number of carbonyl (C=O) groups excluding carboxylic acids is 2. The zero-order valence-corrected chi connectivity index (χ0v) is 15.4. The van der Waals surface area contributed by atoms with Crippen molar-refractivity contribution in [2.24, 2.45) is 0 Å². The molecule has 0 aliphatic rings. The third-order valence-electron chi connectivity index (χ3n) is 3.82. The molecule has 0 unspecified atom stereocenters. The maximum atomic E-state index is 12.6. The fourth-order valence-corrected chi connectivity index (χ4v) is 2.65. The second-order valence-corrected chi connectivity index (χ2v) is 6.42. The largest absolute Gasteiger partial charge is 0.480 e. The molecule has 2 aromatic rings. The summed E-state index contributed by atoms with van der Waals surface area (Å²) in [6.07, 6.45) is 1.75.